The zero-order chi connectivity index (χ0) is 26.0. The van der Waals surface area contributed by atoms with Crippen molar-refractivity contribution in [2.45, 2.75) is 31.9 Å². The summed E-state index contributed by atoms with van der Waals surface area (Å²) >= 11 is 5.93. The van der Waals surface area contributed by atoms with E-state index in [1.807, 2.05) is 48.5 Å². The minimum absolute atomic E-state index is 0.0381. The topological polar surface area (TPSA) is 16.1 Å². The molecule has 37 heavy (non-hydrogen) atoms. The molecule has 1 aliphatic carbocycles. The number of hydrogen-bond acceptors (Lipinski definition) is 2. The summed E-state index contributed by atoms with van der Waals surface area (Å²) in [5.41, 5.74) is 5.73. The molecule has 5 rings (SSSR count). The predicted molar refractivity (Wildman–Crippen MR) is 141 cm³/mol. The average Bonchev–Trinajstić information content (AvgIpc) is 3.05. The van der Waals surface area contributed by atoms with Crippen LogP contribution in [0, 0.1) is 0 Å². The molecular formula is C30H27ClF4N2. The van der Waals surface area contributed by atoms with Gasteiger partial charge in [-0.2, -0.15) is 13.2 Å². The number of likely N-dealkylation sites (tertiary alicyclic amines) is 1. The monoisotopic (exact) mass is 526 g/mol. The van der Waals surface area contributed by atoms with Gasteiger partial charge in [0.05, 0.1) is 23.0 Å². The molecule has 2 nitrogen and oxygen atoms in total. The van der Waals surface area contributed by atoms with Crippen LogP contribution in [0.5, 0.6) is 0 Å². The highest BCUT2D eigenvalue weighted by atomic mass is 35.5. The molecule has 1 saturated heterocycles. The zero-order valence-electron chi connectivity index (χ0n) is 20.3. The number of alkyl halides is 4. The van der Waals surface area contributed by atoms with Crippen molar-refractivity contribution in [3.8, 4) is 0 Å². The Labute approximate surface area is 219 Å². The Bertz CT molecular complexity index is 1330. The van der Waals surface area contributed by atoms with Crippen molar-refractivity contribution >= 4 is 28.8 Å². The van der Waals surface area contributed by atoms with Crippen LogP contribution in [0.15, 0.2) is 66.4 Å². The maximum Gasteiger partial charge on any atom is 0.418 e. The maximum atomic E-state index is 14.1. The Kier molecular flexibility index (Phi) is 7.50. The van der Waals surface area contributed by atoms with Crippen LogP contribution < -0.4 is 0 Å². The van der Waals surface area contributed by atoms with E-state index in [-0.39, 0.29) is 17.4 Å². The fraction of sp³-hybridized carbons (Fsp3) is 0.300. The van der Waals surface area contributed by atoms with E-state index in [1.54, 1.807) is 0 Å². The molecule has 1 aromatic heterocycles. The Hall–Kier alpha value is -2.96. The molecule has 3 aromatic rings. The van der Waals surface area contributed by atoms with Crippen LogP contribution in [0.2, 0.25) is 5.02 Å². The van der Waals surface area contributed by atoms with Gasteiger partial charge in [0.15, 0.2) is 0 Å². The Morgan fingerprint density at radius 2 is 1.76 bits per heavy atom. The van der Waals surface area contributed by atoms with E-state index in [4.69, 9.17) is 11.6 Å². The van der Waals surface area contributed by atoms with E-state index in [1.165, 1.54) is 11.8 Å². The van der Waals surface area contributed by atoms with E-state index in [0.29, 0.717) is 18.4 Å². The minimum atomic E-state index is -4.58. The highest BCUT2D eigenvalue weighted by molar-refractivity contribution is 6.30. The zero-order valence-corrected chi connectivity index (χ0v) is 21.0. The predicted octanol–water partition coefficient (Wildman–Crippen LogP) is 8.11. The third-order valence-corrected chi connectivity index (χ3v) is 7.15. The van der Waals surface area contributed by atoms with E-state index >= 15 is 0 Å². The van der Waals surface area contributed by atoms with E-state index < -0.39 is 11.7 Å². The molecule has 2 aromatic carbocycles. The van der Waals surface area contributed by atoms with E-state index in [0.717, 1.165) is 66.4 Å². The van der Waals surface area contributed by atoms with Crippen molar-refractivity contribution < 1.29 is 17.6 Å². The van der Waals surface area contributed by atoms with E-state index in [2.05, 4.69) is 16.0 Å². The number of fused-ring (bicyclic) bond motifs is 1. The SMILES string of the molecule is FCCCN1CC(=Cc2ccc(C3=C(c4ncc(Cl)cc4C(F)(F)F)CCCc4ccccc43)cc2)C1. The van der Waals surface area contributed by atoms with Gasteiger partial charge in [-0.15, -0.1) is 0 Å². The number of hydrogen-bond donors (Lipinski definition) is 0. The summed E-state index contributed by atoms with van der Waals surface area (Å²) in [6.07, 6.45) is 1.38. The summed E-state index contributed by atoms with van der Waals surface area (Å²) < 4.78 is 54.6. The normalized spacial score (nSPS) is 16.3. The fourth-order valence-electron chi connectivity index (χ4n) is 5.23. The molecule has 0 amide bonds. The van der Waals surface area contributed by atoms with Crippen molar-refractivity contribution in [2.24, 2.45) is 0 Å². The fourth-order valence-corrected chi connectivity index (χ4v) is 5.39. The van der Waals surface area contributed by atoms with Crippen LogP contribution in [-0.4, -0.2) is 36.2 Å². The molecule has 0 spiro atoms. The minimum Gasteiger partial charge on any atom is -0.295 e. The number of halogens is 5. The second-order valence-electron chi connectivity index (χ2n) is 9.59. The summed E-state index contributed by atoms with van der Waals surface area (Å²) in [6.45, 7) is 2.15. The molecule has 0 N–H and O–H groups in total. The number of aromatic nitrogens is 1. The van der Waals surface area contributed by atoms with Gasteiger partial charge in [0, 0.05) is 25.8 Å². The first-order valence-electron chi connectivity index (χ1n) is 12.5. The van der Waals surface area contributed by atoms with Gasteiger partial charge in [0.2, 0.25) is 0 Å². The summed E-state index contributed by atoms with van der Waals surface area (Å²) in [6, 6.07) is 16.8. The van der Waals surface area contributed by atoms with Gasteiger partial charge in [-0.1, -0.05) is 66.2 Å². The van der Waals surface area contributed by atoms with Crippen molar-refractivity contribution in [1.29, 1.82) is 0 Å². The lowest BCUT2D eigenvalue weighted by Gasteiger charge is -2.33. The molecule has 192 valence electrons. The first-order chi connectivity index (χ1) is 17.8. The van der Waals surface area contributed by atoms with Crippen LogP contribution in [-0.2, 0) is 12.6 Å². The van der Waals surface area contributed by atoms with Gasteiger partial charge in [-0.05, 0) is 70.7 Å². The molecule has 2 heterocycles. The second-order valence-corrected chi connectivity index (χ2v) is 10.0. The molecular weight excluding hydrogens is 500 g/mol. The third-order valence-electron chi connectivity index (χ3n) is 6.94. The summed E-state index contributed by atoms with van der Waals surface area (Å²) in [7, 11) is 0. The number of benzene rings is 2. The molecule has 1 fully saturated rings. The third kappa shape index (κ3) is 5.65. The lowest BCUT2D eigenvalue weighted by atomic mass is 9.88. The van der Waals surface area contributed by atoms with Crippen LogP contribution >= 0.6 is 11.6 Å². The van der Waals surface area contributed by atoms with Gasteiger partial charge in [0.25, 0.3) is 0 Å². The van der Waals surface area contributed by atoms with Crippen molar-refractivity contribution in [1.82, 2.24) is 9.88 Å². The van der Waals surface area contributed by atoms with Crippen LogP contribution in [0.25, 0.3) is 17.2 Å². The summed E-state index contributed by atoms with van der Waals surface area (Å²) in [5, 5.41) is -0.0381. The Morgan fingerprint density at radius 3 is 2.49 bits per heavy atom. The number of pyridine rings is 1. The van der Waals surface area contributed by atoms with Gasteiger partial charge < -0.3 is 0 Å². The first kappa shape index (κ1) is 25.7. The largest absolute Gasteiger partial charge is 0.418 e. The Morgan fingerprint density at radius 1 is 1.00 bits per heavy atom. The molecule has 7 heteroatoms. The average molecular weight is 527 g/mol. The molecule has 0 radical (unpaired) electrons. The molecule has 0 atom stereocenters. The second kappa shape index (κ2) is 10.8. The maximum absolute atomic E-state index is 14.1. The van der Waals surface area contributed by atoms with Crippen molar-refractivity contribution in [2.75, 3.05) is 26.3 Å². The summed E-state index contributed by atoms with van der Waals surface area (Å²) in [4.78, 5) is 6.42. The quantitative estimate of drug-likeness (QED) is 0.302. The highest BCUT2D eigenvalue weighted by Crippen LogP contribution is 2.43. The van der Waals surface area contributed by atoms with Crippen LogP contribution in [0.1, 0.15) is 52.8 Å². The van der Waals surface area contributed by atoms with Crippen LogP contribution in [0.4, 0.5) is 17.6 Å². The lowest BCUT2D eigenvalue weighted by molar-refractivity contribution is -0.138. The van der Waals surface area contributed by atoms with Gasteiger partial charge in [-0.3, -0.25) is 14.3 Å². The summed E-state index contributed by atoms with van der Waals surface area (Å²) in [5.74, 6) is 0. The van der Waals surface area contributed by atoms with Crippen molar-refractivity contribution in [3.05, 3.63) is 105 Å². The van der Waals surface area contributed by atoms with Crippen LogP contribution in [0.3, 0.4) is 0 Å². The molecule has 0 saturated carbocycles. The number of nitrogens with zero attached hydrogens (tertiary/aromatic N) is 2. The first-order valence-corrected chi connectivity index (χ1v) is 12.8. The van der Waals surface area contributed by atoms with E-state index in [9.17, 15) is 17.6 Å². The van der Waals surface area contributed by atoms with Gasteiger partial charge in [-0.25, -0.2) is 0 Å². The smallest absolute Gasteiger partial charge is 0.295 e. The number of allylic oxidation sites excluding steroid dienone is 1. The van der Waals surface area contributed by atoms with Gasteiger partial charge in [0.1, 0.15) is 0 Å². The molecule has 2 aliphatic rings. The standard InChI is InChI=1S/C30H27ClF4N2/c31-24-16-27(30(33,34)35)29(36-17-24)26-8-3-6-22-5-1-2-7-25(22)28(26)23-11-9-20(10-12-23)15-21-18-37(19-21)14-4-13-32/h1-2,5,7,9-12,15-17H,3-4,6,8,13-14,18-19H2. The number of aryl methyl sites for hydroxylation is 1. The van der Waals surface area contributed by atoms with Gasteiger partial charge >= 0.3 is 6.18 Å². The molecule has 0 bridgehead atoms. The highest BCUT2D eigenvalue weighted by Gasteiger charge is 2.36. The molecule has 0 unspecified atom stereocenters. The molecule has 1 aliphatic heterocycles. The number of rotatable bonds is 6. The van der Waals surface area contributed by atoms with Crippen molar-refractivity contribution in [3.63, 3.8) is 0 Å². The lowest BCUT2D eigenvalue weighted by Crippen LogP contribution is -2.40. The Balaban J connectivity index is 1.57.